The Morgan fingerprint density at radius 2 is 2.31 bits per heavy atom. The Hall–Kier alpha value is -1.13. The van der Waals surface area contributed by atoms with Gasteiger partial charge >= 0.3 is 5.97 Å². The van der Waals surface area contributed by atoms with Crippen LogP contribution in [-0.4, -0.2) is 32.1 Å². The quantitative estimate of drug-likeness (QED) is 0.530. The summed E-state index contributed by atoms with van der Waals surface area (Å²) in [7, 11) is 1.59. The van der Waals surface area contributed by atoms with E-state index in [4.69, 9.17) is 14.2 Å². The van der Waals surface area contributed by atoms with Crippen molar-refractivity contribution in [3.05, 3.63) is 23.8 Å². The lowest BCUT2D eigenvalue weighted by Crippen LogP contribution is -2.14. The zero-order chi connectivity index (χ0) is 12.0. The zero-order valence-corrected chi connectivity index (χ0v) is 9.93. The summed E-state index contributed by atoms with van der Waals surface area (Å²) in [6, 6.07) is 0. The summed E-state index contributed by atoms with van der Waals surface area (Å²) < 4.78 is 15.4. The van der Waals surface area contributed by atoms with E-state index in [9.17, 15) is 4.79 Å². The molecule has 4 nitrogen and oxygen atoms in total. The lowest BCUT2D eigenvalue weighted by atomic mass is 10.1. The first kappa shape index (κ1) is 12.9. The van der Waals surface area contributed by atoms with Gasteiger partial charge in [-0.2, -0.15) is 0 Å². The number of esters is 1. The normalized spacial score (nSPS) is 24.8. The second kappa shape index (κ2) is 6.45. The van der Waals surface area contributed by atoms with Crippen LogP contribution in [0.3, 0.4) is 0 Å². The summed E-state index contributed by atoms with van der Waals surface area (Å²) >= 11 is 0. The van der Waals surface area contributed by atoms with E-state index in [1.807, 2.05) is 13.0 Å². The topological polar surface area (TPSA) is 44.8 Å². The van der Waals surface area contributed by atoms with Crippen molar-refractivity contribution in [2.75, 3.05) is 13.7 Å². The van der Waals surface area contributed by atoms with Gasteiger partial charge in [-0.05, 0) is 31.1 Å². The van der Waals surface area contributed by atoms with Gasteiger partial charge in [0.05, 0.1) is 12.7 Å². The summed E-state index contributed by atoms with van der Waals surface area (Å²) in [4.78, 5) is 11.1. The fraction of sp³-hybridized carbons (Fsp3) is 0.583. The maximum absolute atomic E-state index is 11.1. The summed E-state index contributed by atoms with van der Waals surface area (Å²) in [6.45, 7) is 4.19. The van der Waals surface area contributed by atoms with Crippen LogP contribution in [0.2, 0.25) is 0 Å². The third-order valence-corrected chi connectivity index (χ3v) is 2.30. The molecule has 0 saturated heterocycles. The van der Waals surface area contributed by atoms with Crippen LogP contribution < -0.4 is 0 Å². The van der Waals surface area contributed by atoms with Crippen LogP contribution in [0.25, 0.3) is 0 Å². The molecule has 1 aliphatic heterocycles. The molecule has 0 N–H and O–H groups in total. The van der Waals surface area contributed by atoms with Crippen LogP contribution in [0.5, 0.6) is 0 Å². The van der Waals surface area contributed by atoms with Crippen LogP contribution in [0.15, 0.2) is 23.8 Å². The number of rotatable bonds is 5. The molecule has 0 aromatic heterocycles. The van der Waals surface area contributed by atoms with Crippen molar-refractivity contribution in [1.82, 2.24) is 0 Å². The Balaban J connectivity index is 2.60. The van der Waals surface area contributed by atoms with Crippen LogP contribution in [-0.2, 0) is 19.0 Å². The zero-order valence-electron chi connectivity index (χ0n) is 9.93. The van der Waals surface area contributed by atoms with E-state index in [0.29, 0.717) is 6.61 Å². The highest BCUT2D eigenvalue weighted by atomic mass is 16.7. The van der Waals surface area contributed by atoms with Gasteiger partial charge in [0.25, 0.3) is 0 Å². The van der Waals surface area contributed by atoms with Gasteiger partial charge in [-0.3, -0.25) is 0 Å². The number of carbonyl (C=O) groups is 1. The SMILES string of the molecule is CCOC(=O)/C=C/C1=C[C@H](OC)O[C@@H]1CC. The van der Waals surface area contributed by atoms with Gasteiger partial charge in [0, 0.05) is 13.2 Å². The van der Waals surface area contributed by atoms with Crippen molar-refractivity contribution in [3.8, 4) is 0 Å². The predicted octanol–water partition coefficient (Wildman–Crippen LogP) is 1.81. The van der Waals surface area contributed by atoms with E-state index in [1.165, 1.54) is 6.08 Å². The average Bonchev–Trinajstić information content (AvgIpc) is 2.69. The molecular weight excluding hydrogens is 208 g/mol. The van der Waals surface area contributed by atoms with E-state index in [-0.39, 0.29) is 18.4 Å². The Kier molecular flexibility index (Phi) is 5.22. The van der Waals surface area contributed by atoms with Gasteiger partial charge in [0.1, 0.15) is 0 Å². The standard InChI is InChI=1S/C12H18O4/c1-4-10-9(8-12(14-3)16-10)6-7-11(13)15-5-2/h6-8,10,12H,4-5H2,1-3H3/b7-6+/t10-,12-/m1/s1. The van der Waals surface area contributed by atoms with Gasteiger partial charge < -0.3 is 14.2 Å². The molecule has 0 radical (unpaired) electrons. The fourth-order valence-electron chi connectivity index (χ4n) is 1.52. The van der Waals surface area contributed by atoms with Crippen molar-refractivity contribution in [1.29, 1.82) is 0 Å². The number of methoxy groups -OCH3 is 1. The first-order chi connectivity index (χ1) is 7.71. The monoisotopic (exact) mass is 226 g/mol. The van der Waals surface area contributed by atoms with Gasteiger partial charge in [0.15, 0.2) is 6.29 Å². The van der Waals surface area contributed by atoms with E-state index in [2.05, 4.69) is 0 Å². The number of carbonyl (C=O) groups excluding carboxylic acids is 1. The fourth-order valence-corrected chi connectivity index (χ4v) is 1.52. The minimum absolute atomic E-state index is 0.00405. The predicted molar refractivity (Wildman–Crippen MR) is 59.8 cm³/mol. The maximum Gasteiger partial charge on any atom is 0.330 e. The van der Waals surface area contributed by atoms with Crippen LogP contribution >= 0.6 is 0 Å². The molecule has 1 aliphatic rings. The minimum Gasteiger partial charge on any atom is -0.463 e. The third-order valence-electron chi connectivity index (χ3n) is 2.30. The third kappa shape index (κ3) is 3.47. The Morgan fingerprint density at radius 3 is 2.88 bits per heavy atom. The molecule has 4 heteroatoms. The summed E-state index contributed by atoms with van der Waals surface area (Å²) in [5.74, 6) is -0.334. The summed E-state index contributed by atoms with van der Waals surface area (Å²) in [5, 5.41) is 0. The molecule has 0 aromatic carbocycles. The van der Waals surface area contributed by atoms with E-state index >= 15 is 0 Å². The van der Waals surface area contributed by atoms with Gasteiger partial charge in [-0.15, -0.1) is 0 Å². The summed E-state index contributed by atoms with van der Waals surface area (Å²) in [6.07, 6.45) is 5.54. The highest BCUT2D eigenvalue weighted by molar-refractivity contribution is 5.82. The van der Waals surface area contributed by atoms with Crippen molar-refractivity contribution < 1.29 is 19.0 Å². The minimum atomic E-state index is -0.334. The molecule has 90 valence electrons. The summed E-state index contributed by atoms with van der Waals surface area (Å²) in [5.41, 5.74) is 0.961. The molecule has 0 aliphatic carbocycles. The largest absolute Gasteiger partial charge is 0.463 e. The molecule has 0 saturated carbocycles. The van der Waals surface area contributed by atoms with Gasteiger partial charge in [0.2, 0.25) is 0 Å². The molecule has 0 bridgehead atoms. The molecule has 0 fully saturated rings. The van der Waals surface area contributed by atoms with Gasteiger partial charge in [-0.25, -0.2) is 4.79 Å². The molecule has 0 unspecified atom stereocenters. The Labute approximate surface area is 95.9 Å². The lowest BCUT2D eigenvalue weighted by Gasteiger charge is -2.11. The van der Waals surface area contributed by atoms with E-state index in [0.717, 1.165) is 12.0 Å². The maximum atomic E-state index is 11.1. The molecule has 2 atom stereocenters. The highest BCUT2D eigenvalue weighted by Crippen LogP contribution is 2.23. The molecule has 0 aromatic rings. The first-order valence-corrected chi connectivity index (χ1v) is 5.46. The van der Waals surface area contributed by atoms with Crippen molar-refractivity contribution in [3.63, 3.8) is 0 Å². The molecule has 0 spiro atoms. The average molecular weight is 226 g/mol. The highest BCUT2D eigenvalue weighted by Gasteiger charge is 2.23. The second-order valence-corrected chi connectivity index (χ2v) is 3.39. The number of hydrogen-bond acceptors (Lipinski definition) is 4. The molecule has 0 amide bonds. The van der Waals surface area contributed by atoms with Crippen molar-refractivity contribution in [2.45, 2.75) is 32.7 Å². The Morgan fingerprint density at radius 1 is 1.56 bits per heavy atom. The first-order valence-electron chi connectivity index (χ1n) is 5.46. The molecule has 16 heavy (non-hydrogen) atoms. The second-order valence-electron chi connectivity index (χ2n) is 3.39. The van der Waals surface area contributed by atoms with E-state index < -0.39 is 0 Å². The Bertz CT molecular complexity index is 293. The van der Waals surface area contributed by atoms with Crippen LogP contribution in [0.4, 0.5) is 0 Å². The van der Waals surface area contributed by atoms with Gasteiger partial charge in [-0.1, -0.05) is 6.92 Å². The van der Waals surface area contributed by atoms with Crippen molar-refractivity contribution >= 4 is 5.97 Å². The molecule has 1 rings (SSSR count). The van der Waals surface area contributed by atoms with Crippen LogP contribution in [0.1, 0.15) is 20.3 Å². The number of hydrogen-bond donors (Lipinski definition) is 0. The smallest absolute Gasteiger partial charge is 0.330 e. The molecule has 1 heterocycles. The lowest BCUT2D eigenvalue weighted by molar-refractivity contribution is -0.137. The van der Waals surface area contributed by atoms with Crippen molar-refractivity contribution in [2.24, 2.45) is 0 Å². The van der Waals surface area contributed by atoms with Crippen LogP contribution in [0, 0.1) is 0 Å². The van der Waals surface area contributed by atoms with E-state index in [1.54, 1.807) is 20.1 Å². The molecular formula is C12H18O4. The number of ether oxygens (including phenoxy) is 3.